The minimum atomic E-state index is -0.442. The molecule has 0 saturated heterocycles. The van der Waals surface area contributed by atoms with Crippen molar-refractivity contribution in [2.24, 2.45) is 0 Å². The molecule has 0 bridgehead atoms. The molecule has 160 valence electrons. The summed E-state index contributed by atoms with van der Waals surface area (Å²) in [6.45, 7) is 11.0. The summed E-state index contributed by atoms with van der Waals surface area (Å²) in [5.74, 6) is 0.708. The maximum absolute atomic E-state index is 12.7. The van der Waals surface area contributed by atoms with Gasteiger partial charge in [0, 0.05) is 18.3 Å². The van der Waals surface area contributed by atoms with Gasteiger partial charge >= 0.3 is 5.97 Å². The first kappa shape index (κ1) is 22.8. The minimum absolute atomic E-state index is 0.162. The van der Waals surface area contributed by atoms with Crippen molar-refractivity contribution < 1.29 is 19.1 Å². The lowest BCUT2D eigenvalue weighted by Crippen LogP contribution is -2.42. The number of halogens is 1. The van der Waals surface area contributed by atoms with Crippen LogP contribution in [-0.4, -0.2) is 25.5 Å². The Balaban J connectivity index is 1.79. The number of esters is 1. The summed E-state index contributed by atoms with van der Waals surface area (Å²) in [4.78, 5) is 24.3. The van der Waals surface area contributed by atoms with Gasteiger partial charge in [0.15, 0.2) is 0 Å². The maximum atomic E-state index is 12.7. The van der Waals surface area contributed by atoms with Crippen LogP contribution in [0.5, 0.6) is 5.75 Å². The van der Waals surface area contributed by atoms with Crippen LogP contribution in [0.4, 0.5) is 0 Å². The molecule has 0 heterocycles. The summed E-state index contributed by atoms with van der Waals surface area (Å²) in [5, 5.41) is 0. The van der Waals surface area contributed by atoms with Gasteiger partial charge < -0.3 is 9.47 Å². The van der Waals surface area contributed by atoms with Gasteiger partial charge in [-0.3, -0.25) is 4.79 Å². The van der Waals surface area contributed by atoms with Gasteiger partial charge in [0.25, 0.3) is 0 Å². The maximum Gasteiger partial charge on any atom is 0.337 e. The second kappa shape index (κ2) is 8.33. The molecule has 2 aromatic rings. The van der Waals surface area contributed by atoms with Crippen molar-refractivity contribution in [1.29, 1.82) is 0 Å². The smallest absolute Gasteiger partial charge is 0.337 e. The second-order valence-corrected chi connectivity index (χ2v) is 10.3. The highest BCUT2D eigenvalue weighted by molar-refractivity contribution is 14.1. The average molecular weight is 520 g/mol. The fourth-order valence-corrected chi connectivity index (χ4v) is 4.77. The molecule has 0 aliphatic heterocycles. The van der Waals surface area contributed by atoms with Crippen molar-refractivity contribution in [3.05, 3.63) is 61.7 Å². The van der Waals surface area contributed by atoms with Gasteiger partial charge in [0.05, 0.1) is 22.9 Å². The first-order valence-electron chi connectivity index (χ1n) is 10.2. The molecule has 0 amide bonds. The van der Waals surface area contributed by atoms with Gasteiger partial charge in [-0.25, -0.2) is 4.79 Å². The van der Waals surface area contributed by atoms with Crippen LogP contribution in [0.25, 0.3) is 0 Å². The number of Topliss-reactive ketones (excluding diaryl/α,β-unsaturated/α-hetero) is 1. The zero-order valence-corrected chi connectivity index (χ0v) is 20.7. The zero-order chi connectivity index (χ0) is 22.3. The number of ether oxygens (including phenoxy) is 2. The molecule has 0 saturated carbocycles. The molecule has 1 aliphatic rings. The van der Waals surface area contributed by atoms with Gasteiger partial charge in [-0.15, -0.1) is 0 Å². The van der Waals surface area contributed by atoms with Crippen molar-refractivity contribution in [3.63, 3.8) is 0 Å². The van der Waals surface area contributed by atoms with E-state index in [2.05, 4.69) is 55.5 Å². The first-order chi connectivity index (χ1) is 14.0. The summed E-state index contributed by atoms with van der Waals surface area (Å²) in [7, 11) is 1.37. The molecule has 0 fully saturated rings. The van der Waals surface area contributed by atoms with E-state index in [9.17, 15) is 9.59 Å². The Morgan fingerprint density at radius 2 is 1.80 bits per heavy atom. The van der Waals surface area contributed by atoms with E-state index in [4.69, 9.17) is 9.47 Å². The standard InChI is InChI=1S/C25H29IO4/c1-15-11-19-18(24(2,3)14-22(27)25(19,4)5)12-16(15)9-10-30-21-8-7-17(13-20(21)26)23(28)29-6/h7-8,11-13H,9-10,14H2,1-6H3. The third-order valence-electron chi connectivity index (χ3n) is 6.16. The van der Waals surface area contributed by atoms with Crippen LogP contribution in [0, 0.1) is 10.5 Å². The van der Waals surface area contributed by atoms with Gasteiger partial charge in [-0.05, 0) is 89.2 Å². The van der Waals surface area contributed by atoms with Crippen molar-refractivity contribution in [2.45, 2.75) is 58.3 Å². The predicted octanol–water partition coefficient (Wildman–Crippen LogP) is 5.54. The molecule has 0 aromatic heterocycles. The van der Waals surface area contributed by atoms with Crippen molar-refractivity contribution in [2.75, 3.05) is 13.7 Å². The predicted molar refractivity (Wildman–Crippen MR) is 127 cm³/mol. The summed E-state index contributed by atoms with van der Waals surface area (Å²) in [5.41, 5.74) is 4.76. The van der Waals surface area contributed by atoms with Gasteiger partial charge in [0.2, 0.25) is 0 Å². The minimum Gasteiger partial charge on any atom is -0.492 e. The number of methoxy groups -OCH3 is 1. The number of carbonyl (C=O) groups is 2. The number of rotatable bonds is 5. The van der Waals surface area contributed by atoms with Crippen molar-refractivity contribution in [3.8, 4) is 5.75 Å². The highest BCUT2D eigenvalue weighted by Gasteiger charge is 2.43. The summed E-state index contributed by atoms with van der Waals surface area (Å²) < 4.78 is 11.6. The molecule has 0 radical (unpaired) electrons. The van der Waals surface area contributed by atoms with E-state index < -0.39 is 5.41 Å². The third-order valence-corrected chi connectivity index (χ3v) is 7.00. The molecule has 3 rings (SSSR count). The van der Waals surface area contributed by atoms with Gasteiger partial charge in [-0.2, -0.15) is 0 Å². The molecular formula is C25H29IO4. The highest BCUT2D eigenvalue weighted by Crippen LogP contribution is 2.44. The lowest BCUT2D eigenvalue weighted by atomic mass is 9.62. The zero-order valence-electron chi connectivity index (χ0n) is 18.5. The summed E-state index contributed by atoms with van der Waals surface area (Å²) in [6, 6.07) is 9.76. The molecular weight excluding hydrogens is 491 g/mol. The molecule has 4 nitrogen and oxygen atoms in total. The average Bonchev–Trinajstić information content (AvgIpc) is 2.67. The monoisotopic (exact) mass is 520 g/mol. The van der Waals surface area contributed by atoms with Crippen LogP contribution in [0.15, 0.2) is 30.3 Å². The first-order valence-corrected chi connectivity index (χ1v) is 11.2. The van der Waals surface area contributed by atoms with E-state index >= 15 is 0 Å². The highest BCUT2D eigenvalue weighted by atomic mass is 127. The van der Waals surface area contributed by atoms with E-state index in [1.54, 1.807) is 12.1 Å². The van der Waals surface area contributed by atoms with Crippen LogP contribution < -0.4 is 4.74 Å². The van der Waals surface area contributed by atoms with Gasteiger partial charge in [0.1, 0.15) is 11.5 Å². The molecule has 5 heteroatoms. The van der Waals surface area contributed by atoms with Crippen molar-refractivity contribution in [1.82, 2.24) is 0 Å². The van der Waals surface area contributed by atoms with Gasteiger partial charge in [-0.1, -0.05) is 26.0 Å². The fraction of sp³-hybridized carbons (Fsp3) is 0.440. The van der Waals surface area contributed by atoms with E-state index in [0.717, 1.165) is 21.3 Å². The molecule has 0 N–H and O–H groups in total. The van der Waals surface area contributed by atoms with E-state index in [-0.39, 0.29) is 11.4 Å². The number of fused-ring (bicyclic) bond motifs is 1. The Bertz CT molecular complexity index is 1000. The second-order valence-electron chi connectivity index (χ2n) is 9.17. The van der Waals surface area contributed by atoms with Crippen LogP contribution in [-0.2, 0) is 26.8 Å². The largest absolute Gasteiger partial charge is 0.492 e. The molecule has 0 atom stereocenters. The Kier molecular flexibility index (Phi) is 6.33. The van der Waals surface area contributed by atoms with Crippen LogP contribution in [0.2, 0.25) is 0 Å². The van der Waals surface area contributed by atoms with E-state index in [1.807, 2.05) is 19.9 Å². The summed E-state index contributed by atoms with van der Waals surface area (Å²) in [6.07, 6.45) is 1.34. The number of carbonyl (C=O) groups excluding carboxylic acids is 2. The Hall–Kier alpha value is -1.89. The molecule has 2 aromatic carbocycles. The molecule has 1 aliphatic carbocycles. The Labute approximate surface area is 192 Å². The number of benzene rings is 2. The van der Waals surface area contributed by atoms with Crippen LogP contribution in [0.3, 0.4) is 0 Å². The van der Waals surface area contributed by atoms with Crippen molar-refractivity contribution >= 4 is 34.3 Å². The van der Waals surface area contributed by atoms with Crippen LogP contribution in [0.1, 0.15) is 66.7 Å². The number of hydrogen-bond acceptors (Lipinski definition) is 4. The lowest BCUT2D eigenvalue weighted by molar-refractivity contribution is -0.125. The normalized spacial score (nSPS) is 16.7. The fourth-order valence-electron chi connectivity index (χ4n) is 4.10. The SMILES string of the molecule is COC(=O)c1ccc(OCCc2cc3c(cc2C)C(C)(C)C(=O)CC3(C)C)c(I)c1. The Morgan fingerprint density at radius 1 is 1.10 bits per heavy atom. The van der Waals surface area contributed by atoms with E-state index in [1.165, 1.54) is 23.8 Å². The number of ketones is 1. The Morgan fingerprint density at radius 3 is 2.43 bits per heavy atom. The molecule has 0 spiro atoms. The van der Waals surface area contributed by atoms with E-state index in [0.29, 0.717) is 24.4 Å². The summed E-state index contributed by atoms with van der Waals surface area (Å²) >= 11 is 2.17. The molecule has 0 unspecified atom stereocenters. The third kappa shape index (κ3) is 4.27. The topological polar surface area (TPSA) is 52.6 Å². The number of hydrogen-bond donors (Lipinski definition) is 0. The quantitative estimate of drug-likeness (QED) is 0.384. The number of aryl methyl sites for hydroxylation is 1. The molecule has 30 heavy (non-hydrogen) atoms. The lowest BCUT2D eigenvalue weighted by Gasteiger charge is -2.41. The van der Waals surface area contributed by atoms with Crippen LogP contribution >= 0.6 is 22.6 Å².